The summed E-state index contributed by atoms with van der Waals surface area (Å²) in [5.74, 6) is 0.620. The zero-order valence-corrected chi connectivity index (χ0v) is 16.6. The van der Waals surface area contributed by atoms with Gasteiger partial charge in [0, 0.05) is 18.8 Å². The monoisotopic (exact) mass is 370 g/mol. The standard InChI is InChI=1S/C22H30N2O3/c1-21(2,3)27-20(26)24-12-8-15(9-13-24)16-6-7-18-17(14-16)22(19(25)23-18)10-4-5-11-22/h6-7,14-15H,4-5,8-13H2,1-3H3,(H,23,25). The Kier molecular flexibility index (Phi) is 4.44. The molecule has 1 aromatic rings. The average molecular weight is 370 g/mol. The third kappa shape index (κ3) is 3.32. The van der Waals surface area contributed by atoms with Crippen molar-refractivity contribution in [3.05, 3.63) is 29.3 Å². The minimum atomic E-state index is -0.455. The molecule has 146 valence electrons. The average Bonchev–Trinajstić information content (AvgIpc) is 3.21. The van der Waals surface area contributed by atoms with Crippen molar-refractivity contribution in [1.29, 1.82) is 0 Å². The second-order valence-electron chi connectivity index (χ2n) is 9.29. The summed E-state index contributed by atoms with van der Waals surface area (Å²) in [7, 11) is 0. The van der Waals surface area contributed by atoms with Crippen LogP contribution in [0.1, 0.15) is 76.3 Å². The molecule has 1 spiro atoms. The van der Waals surface area contributed by atoms with Crippen LogP contribution in [0.15, 0.2) is 18.2 Å². The Balaban J connectivity index is 1.47. The van der Waals surface area contributed by atoms with E-state index in [2.05, 4.69) is 23.5 Å². The van der Waals surface area contributed by atoms with E-state index < -0.39 is 5.60 Å². The number of anilines is 1. The number of carbonyl (C=O) groups is 2. The van der Waals surface area contributed by atoms with Gasteiger partial charge >= 0.3 is 6.09 Å². The molecule has 1 aliphatic carbocycles. The predicted octanol–water partition coefficient (Wildman–Crippen LogP) is 4.57. The number of nitrogens with zero attached hydrogens (tertiary/aromatic N) is 1. The Morgan fingerprint density at radius 3 is 2.48 bits per heavy atom. The molecular weight excluding hydrogens is 340 g/mol. The highest BCUT2D eigenvalue weighted by Crippen LogP contribution is 2.49. The van der Waals surface area contributed by atoms with Crippen LogP contribution < -0.4 is 5.32 Å². The fourth-order valence-corrected chi connectivity index (χ4v) is 4.88. The number of amides is 2. The van der Waals surface area contributed by atoms with Crippen molar-refractivity contribution in [3.8, 4) is 0 Å². The molecule has 2 fully saturated rings. The van der Waals surface area contributed by atoms with E-state index >= 15 is 0 Å². The van der Waals surface area contributed by atoms with Gasteiger partial charge in [-0.05, 0) is 69.6 Å². The molecule has 2 amide bonds. The number of piperidine rings is 1. The number of carbonyl (C=O) groups excluding carboxylic acids is 2. The van der Waals surface area contributed by atoms with Gasteiger partial charge < -0.3 is 15.0 Å². The quantitative estimate of drug-likeness (QED) is 0.788. The molecule has 0 unspecified atom stereocenters. The molecule has 5 nitrogen and oxygen atoms in total. The van der Waals surface area contributed by atoms with Crippen molar-refractivity contribution in [1.82, 2.24) is 4.90 Å². The summed E-state index contributed by atoms with van der Waals surface area (Å²) in [6.07, 6.45) is 5.85. The molecule has 0 bridgehead atoms. The topological polar surface area (TPSA) is 58.6 Å². The molecular formula is C22H30N2O3. The highest BCUT2D eigenvalue weighted by Gasteiger charge is 2.48. The number of hydrogen-bond acceptors (Lipinski definition) is 3. The van der Waals surface area contributed by atoms with Crippen LogP contribution in [0.25, 0.3) is 0 Å². The SMILES string of the molecule is CC(C)(C)OC(=O)N1CCC(c2ccc3c(c2)C2(CCCC2)C(=O)N3)CC1. The summed E-state index contributed by atoms with van der Waals surface area (Å²) in [4.78, 5) is 26.7. The molecule has 1 saturated heterocycles. The van der Waals surface area contributed by atoms with E-state index in [1.807, 2.05) is 25.7 Å². The van der Waals surface area contributed by atoms with Crippen LogP contribution in [0, 0.1) is 0 Å². The molecule has 27 heavy (non-hydrogen) atoms. The fourth-order valence-electron chi connectivity index (χ4n) is 4.88. The lowest BCUT2D eigenvalue weighted by molar-refractivity contribution is -0.120. The summed E-state index contributed by atoms with van der Waals surface area (Å²) < 4.78 is 5.50. The Labute approximate surface area is 161 Å². The van der Waals surface area contributed by atoms with Crippen LogP contribution >= 0.6 is 0 Å². The molecule has 1 N–H and O–H groups in total. The molecule has 4 rings (SSSR count). The lowest BCUT2D eigenvalue weighted by Gasteiger charge is -2.34. The zero-order chi connectivity index (χ0) is 19.2. The highest BCUT2D eigenvalue weighted by atomic mass is 16.6. The second kappa shape index (κ2) is 6.54. The number of nitrogens with one attached hydrogen (secondary N) is 1. The number of likely N-dealkylation sites (tertiary alicyclic amines) is 1. The first kappa shape index (κ1) is 18.3. The summed E-state index contributed by atoms with van der Waals surface area (Å²) in [5.41, 5.74) is 2.76. The Morgan fingerprint density at radius 1 is 1.19 bits per heavy atom. The van der Waals surface area contributed by atoms with Crippen LogP contribution in [-0.4, -0.2) is 35.6 Å². The van der Waals surface area contributed by atoms with Crippen molar-refractivity contribution in [2.45, 2.75) is 76.2 Å². The first-order chi connectivity index (χ1) is 12.8. The minimum absolute atomic E-state index is 0.187. The van der Waals surface area contributed by atoms with Gasteiger partial charge in [-0.25, -0.2) is 4.79 Å². The van der Waals surface area contributed by atoms with Gasteiger partial charge in [0.05, 0.1) is 5.41 Å². The van der Waals surface area contributed by atoms with Gasteiger partial charge in [0.25, 0.3) is 0 Å². The van der Waals surface area contributed by atoms with Gasteiger partial charge in [0.15, 0.2) is 0 Å². The van der Waals surface area contributed by atoms with Crippen LogP contribution in [-0.2, 0) is 14.9 Å². The summed E-state index contributed by atoms with van der Waals surface area (Å²) in [6, 6.07) is 6.50. The maximum absolute atomic E-state index is 12.6. The Morgan fingerprint density at radius 2 is 1.85 bits per heavy atom. The fraction of sp³-hybridized carbons (Fsp3) is 0.636. The molecule has 1 saturated carbocycles. The van der Waals surface area contributed by atoms with Crippen molar-refractivity contribution < 1.29 is 14.3 Å². The summed E-state index contributed by atoms with van der Waals surface area (Å²) in [5, 5.41) is 3.10. The largest absolute Gasteiger partial charge is 0.444 e. The van der Waals surface area contributed by atoms with Crippen LogP contribution in [0.5, 0.6) is 0 Å². The van der Waals surface area contributed by atoms with Crippen molar-refractivity contribution in [3.63, 3.8) is 0 Å². The Bertz CT molecular complexity index is 751. The third-order valence-corrected chi connectivity index (χ3v) is 6.32. The second-order valence-corrected chi connectivity index (χ2v) is 9.29. The van der Waals surface area contributed by atoms with Crippen LogP contribution in [0.3, 0.4) is 0 Å². The third-order valence-electron chi connectivity index (χ3n) is 6.32. The van der Waals surface area contributed by atoms with E-state index in [9.17, 15) is 9.59 Å². The molecule has 0 aromatic heterocycles. The van der Waals surface area contributed by atoms with E-state index in [0.717, 1.165) is 57.3 Å². The maximum atomic E-state index is 12.6. The number of hydrogen-bond donors (Lipinski definition) is 1. The van der Waals surface area contributed by atoms with Gasteiger partial charge in [0.2, 0.25) is 5.91 Å². The molecule has 3 aliphatic rings. The molecule has 2 aliphatic heterocycles. The zero-order valence-electron chi connectivity index (χ0n) is 16.6. The number of rotatable bonds is 1. The Hall–Kier alpha value is -2.04. The maximum Gasteiger partial charge on any atom is 0.410 e. The smallest absolute Gasteiger partial charge is 0.410 e. The minimum Gasteiger partial charge on any atom is -0.444 e. The molecule has 2 heterocycles. The van der Waals surface area contributed by atoms with Crippen LogP contribution in [0.2, 0.25) is 0 Å². The molecule has 0 radical (unpaired) electrons. The van der Waals surface area contributed by atoms with Crippen molar-refractivity contribution >= 4 is 17.7 Å². The van der Waals surface area contributed by atoms with Gasteiger partial charge in [-0.2, -0.15) is 0 Å². The van der Waals surface area contributed by atoms with Crippen molar-refractivity contribution in [2.75, 3.05) is 18.4 Å². The number of benzene rings is 1. The van der Waals surface area contributed by atoms with E-state index in [1.165, 1.54) is 11.1 Å². The molecule has 5 heteroatoms. The van der Waals surface area contributed by atoms with Gasteiger partial charge in [-0.15, -0.1) is 0 Å². The number of fused-ring (bicyclic) bond motifs is 2. The van der Waals surface area contributed by atoms with E-state index in [4.69, 9.17) is 4.74 Å². The molecule has 1 aromatic carbocycles. The van der Waals surface area contributed by atoms with Crippen molar-refractivity contribution in [2.24, 2.45) is 0 Å². The summed E-state index contributed by atoms with van der Waals surface area (Å²) in [6.45, 7) is 7.14. The van der Waals surface area contributed by atoms with E-state index in [1.54, 1.807) is 0 Å². The first-order valence-electron chi connectivity index (χ1n) is 10.2. The highest BCUT2D eigenvalue weighted by molar-refractivity contribution is 6.06. The predicted molar refractivity (Wildman–Crippen MR) is 105 cm³/mol. The van der Waals surface area contributed by atoms with Gasteiger partial charge in [-0.3, -0.25) is 4.79 Å². The summed E-state index contributed by atoms with van der Waals surface area (Å²) >= 11 is 0. The normalized spacial score (nSPS) is 22.0. The van der Waals surface area contributed by atoms with Gasteiger partial charge in [0.1, 0.15) is 5.60 Å². The first-order valence-corrected chi connectivity index (χ1v) is 10.2. The van der Waals surface area contributed by atoms with Gasteiger partial charge in [-0.1, -0.05) is 25.0 Å². The lowest BCUT2D eigenvalue weighted by Crippen LogP contribution is -2.41. The van der Waals surface area contributed by atoms with Crippen LogP contribution in [0.4, 0.5) is 10.5 Å². The van der Waals surface area contributed by atoms with E-state index in [0.29, 0.717) is 5.92 Å². The number of ether oxygens (including phenoxy) is 1. The van der Waals surface area contributed by atoms with E-state index in [-0.39, 0.29) is 17.4 Å². The lowest BCUT2D eigenvalue weighted by atomic mass is 9.78. The molecule has 0 atom stereocenters.